The van der Waals surface area contributed by atoms with Crippen molar-refractivity contribution >= 4 is 11.9 Å². The predicted molar refractivity (Wildman–Crippen MR) is 79.7 cm³/mol. The zero-order valence-electron chi connectivity index (χ0n) is 13.2. The third-order valence-corrected chi connectivity index (χ3v) is 3.50. The van der Waals surface area contributed by atoms with E-state index in [0.717, 1.165) is 24.8 Å². The molecule has 1 unspecified atom stereocenters. The smallest absolute Gasteiger partial charge is 0.410 e. The molecule has 0 spiro atoms. The molecule has 0 fully saturated rings. The summed E-state index contributed by atoms with van der Waals surface area (Å²) in [4.78, 5) is 11.8. The first-order valence-corrected chi connectivity index (χ1v) is 6.87. The maximum absolute atomic E-state index is 13.3. The van der Waals surface area contributed by atoms with Crippen molar-refractivity contribution in [1.29, 1.82) is 0 Å². The third kappa shape index (κ3) is 3.51. The van der Waals surface area contributed by atoms with E-state index < -0.39 is 17.9 Å². The first-order chi connectivity index (χ1) is 11.2. The van der Waals surface area contributed by atoms with E-state index in [2.05, 4.69) is 15.2 Å². The number of nitrogens with one attached hydrogen (secondary N) is 1. The van der Waals surface area contributed by atoms with Gasteiger partial charge in [0.05, 0.1) is 5.69 Å². The second kappa shape index (κ2) is 6.52. The van der Waals surface area contributed by atoms with Crippen molar-refractivity contribution in [3.63, 3.8) is 0 Å². The molecule has 24 heavy (non-hydrogen) atoms. The Morgan fingerprint density at radius 3 is 2.42 bits per heavy atom. The van der Waals surface area contributed by atoms with Crippen LogP contribution in [-0.2, 0) is 17.4 Å². The van der Waals surface area contributed by atoms with Gasteiger partial charge in [0.2, 0.25) is 5.60 Å². The molecular weight excluding hydrogens is 327 g/mol. The molecule has 6 nitrogen and oxygen atoms in total. The van der Waals surface area contributed by atoms with Crippen LogP contribution in [0.15, 0.2) is 36.4 Å². The lowest BCUT2D eigenvalue weighted by Crippen LogP contribution is -2.42. The number of halogens is 3. The highest BCUT2D eigenvalue weighted by Gasteiger charge is 2.55. The Bertz CT molecular complexity index is 716. The van der Waals surface area contributed by atoms with Crippen LogP contribution in [0.1, 0.15) is 12.6 Å². The van der Waals surface area contributed by atoms with Gasteiger partial charge in [-0.25, -0.2) is 4.79 Å². The number of nitrogens with zero attached hydrogens (tertiary/aromatic N) is 2. The maximum atomic E-state index is 13.3. The zero-order valence-corrected chi connectivity index (χ0v) is 13.2. The van der Waals surface area contributed by atoms with Crippen LogP contribution >= 0.6 is 0 Å². The minimum Gasteiger partial charge on any atom is -0.410 e. The lowest BCUT2D eigenvalue weighted by molar-refractivity contribution is -0.271. The van der Waals surface area contributed by atoms with Crippen LogP contribution in [0.5, 0.6) is 5.75 Å². The number of amides is 1. The van der Waals surface area contributed by atoms with Crippen molar-refractivity contribution in [1.82, 2.24) is 9.78 Å². The van der Waals surface area contributed by atoms with Crippen LogP contribution in [0.4, 0.5) is 23.8 Å². The molecule has 1 aromatic heterocycles. The van der Waals surface area contributed by atoms with E-state index in [1.165, 1.54) is 7.05 Å². The van der Waals surface area contributed by atoms with Crippen LogP contribution in [0, 0.1) is 0 Å². The summed E-state index contributed by atoms with van der Waals surface area (Å²) in [5, 5.41) is 6.13. The summed E-state index contributed by atoms with van der Waals surface area (Å²) in [7, 11) is 2.28. The molecule has 2 aromatic rings. The van der Waals surface area contributed by atoms with Gasteiger partial charge < -0.3 is 9.47 Å². The SMILES string of the molecule is COC(C)(c1cc(NC(=O)Oc2ccccc2)nn1C)C(F)(F)F. The molecule has 1 heterocycles. The van der Waals surface area contributed by atoms with Crippen molar-refractivity contribution in [2.75, 3.05) is 12.4 Å². The summed E-state index contributed by atoms with van der Waals surface area (Å²) in [6.45, 7) is 0.885. The number of benzene rings is 1. The van der Waals surface area contributed by atoms with E-state index >= 15 is 0 Å². The van der Waals surface area contributed by atoms with Gasteiger partial charge in [0.1, 0.15) is 5.75 Å². The number of hydrogen-bond acceptors (Lipinski definition) is 4. The Balaban J connectivity index is 2.18. The van der Waals surface area contributed by atoms with Crippen LogP contribution in [0.2, 0.25) is 0 Å². The van der Waals surface area contributed by atoms with Crippen LogP contribution in [-0.4, -0.2) is 29.2 Å². The second-order valence-electron chi connectivity index (χ2n) is 5.10. The van der Waals surface area contributed by atoms with Crippen molar-refractivity contribution < 1.29 is 27.4 Å². The number of aromatic nitrogens is 2. The average Bonchev–Trinajstić information content (AvgIpc) is 2.87. The van der Waals surface area contributed by atoms with Gasteiger partial charge in [-0.2, -0.15) is 18.3 Å². The summed E-state index contributed by atoms with van der Waals surface area (Å²) in [5.41, 5.74) is -2.81. The van der Waals surface area contributed by atoms with Gasteiger partial charge in [0.15, 0.2) is 5.82 Å². The van der Waals surface area contributed by atoms with Gasteiger partial charge in [-0.05, 0) is 19.1 Å². The molecule has 1 N–H and O–H groups in total. The first kappa shape index (κ1) is 17.8. The largest absolute Gasteiger partial charge is 0.422 e. The molecule has 1 aromatic carbocycles. The molecule has 1 amide bonds. The lowest BCUT2D eigenvalue weighted by Gasteiger charge is -2.30. The fourth-order valence-electron chi connectivity index (χ4n) is 2.07. The van der Waals surface area contributed by atoms with E-state index in [1.54, 1.807) is 30.3 Å². The second-order valence-corrected chi connectivity index (χ2v) is 5.10. The third-order valence-electron chi connectivity index (χ3n) is 3.50. The molecule has 0 aliphatic carbocycles. The summed E-state index contributed by atoms with van der Waals surface area (Å²) in [5.74, 6) is 0.212. The molecule has 0 saturated carbocycles. The average molecular weight is 343 g/mol. The minimum absolute atomic E-state index is 0.0824. The minimum atomic E-state index is -4.66. The molecule has 0 bridgehead atoms. The Kier molecular flexibility index (Phi) is 4.83. The number of anilines is 1. The van der Waals surface area contributed by atoms with Gasteiger partial charge >= 0.3 is 12.3 Å². The molecule has 0 saturated heterocycles. The number of carbonyl (C=O) groups excluding carboxylic acids is 1. The van der Waals surface area contributed by atoms with Crippen molar-refractivity contribution in [3.05, 3.63) is 42.1 Å². The number of hydrogen-bond donors (Lipinski definition) is 1. The van der Waals surface area contributed by atoms with Crippen LogP contribution in [0.3, 0.4) is 0 Å². The molecule has 0 radical (unpaired) electrons. The molecule has 0 aliphatic rings. The predicted octanol–water partition coefficient (Wildman–Crippen LogP) is 3.45. The molecule has 1 atom stereocenters. The molecular formula is C15H16F3N3O3. The Hall–Kier alpha value is -2.55. The van der Waals surface area contributed by atoms with Crippen molar-refractivity contribution in [2.24, 2.45) is 7.05 Å². The van der Waals surface area contributed by atoms with Crippen LogP contribution < -0.4 is 10.1 Å². The Morgan fingerprint density at radius 2 is 1.88 bits per heavy atom. The number of alkyl halides is 3. The highest BCUT2D eigenvalue weighted by atomic mass is 19.4. The fourth-order valence-corrected chi connectivity index (χ4v) is 2.07. The van der Waals surface area contributed by atoms with Gasteiger partial charge in [-0.3, -0.25) is 10.00 Å². The lowest BCUT2D eigenvalue weighted by atomic mass is 10.0. The number of rotatable bonds is 4. The first-order valence-electron chi connectivity index (χ1n) is 6.87. The summed E-state index contributed by atoms with van der Waals surface area (Å²) in [6, 6.07) is 9.32. The topological polar surface area (TPSA) is 65.4 Å². The summed E-state index contributed by atoms with van der Waals surface area (Å²) < 4.78 is 50.4. The van der Waals surface area contributed by atoms with E-state index in [1.807, 2.05) is 0 Å². The van der Waals surface area contributed by atoms with E-state index in [0.29, 0.717) is 5.75 Å². The van der Waals surface area contributed by atoms with Crippen LogP contribution in [0.25, 0.3) is 0 Å². The summed E-state index contributed by atoms with van der Waals surface area (Å²) in [6.07, 6.45) is -5.52. The number of aryl methyl sites for hydroxylation is 1. The van der Waals surface area contributed by atoms with Gasteiger partial charge in [0.25, 0.3) is 0 Å². The van der Waals surface area contributed by atoms with Gasteiger partial charge in [-0.15, -0.1) is 0 Å². The molecule has 9 heteroatoms. The Labute approximate surface area is 136 Å². The number of methoxy groups -OCH3 is 1. The number of ether oxygens (including phenoxy) is 2. The Morgan fingerprint density at radius 1 is 1.25 bits per heavy atom. The quantitative estimate of drug-likeness (QED) is 0.923. The summed E-state index contributed by atoms with van der Waals surface area (Å²) >= 11 is 0. The monoisotopic (exact) mass is 343 g/mol. The molecule has 0 aliphatic heterocycles. The van der Waals surface area contributed by atoms with E-state index in [-0.39, 0.29) is 11.5 Å². The van der Waals surface area contributed by atoms with Gasteiger partial charge in [0, 0.05) is 20.2 Å². The number of carbonyl (C=O) groups is 1. The normalized spacial score (nSPS) is 14.1. The highest BCUT2D eigenvalue weighted by molar-refractivity contribution is 5.85. The zero-order chi connectivity index (χ0) is 18.0. The standard InChI is InChI=1S/C15H16F3N3O3/c1-14(23-3,15(16,17)18)11-9-12(20-21(11)2)19-13(22)24-10-7-5-4-6-8-10/h4-9H,1-3H3,(H,19,20,22). The maximum Gasteiger partial charge on any atom is 0.422 e. The highest BCUT2D eigenvalue weighted by Crippen LogP contribution is 2.41. The number of para-hydroxylation sites is 1. The molecule has 2 rings (SSSR count). The van der Waals surface area contributed by atoms with Crippen molar-refractivity contribution in [3.8, 4) is 5.75 Å². The fraction of sp³-hybridized carbons (Fsp3) is 0.333. The van der Waals surface area contributed by atoms with Crippen molar-refractivity contribution in [2.45, 2.75) is 18.7 Å². The molecule has 130 valence electrons. The van der Waals surface area contributed by atoms with Gasteiger partial charge in [-0.1, -0.05) is 18.2 Å². The van der Waals surface area contributed by atoms with E-state index in [4.69, 9.17) is 4.74 Å². The van der Waals surface area contributed by atoms with E-state index in [9.17, 15) is 18.0 Å².